The van der Waals surface area contributed by atoms with Gasteiger partial charge in [0.2, 0.25) is 5.91 Å². The average molecular weight is 433 g/mol. The van der Waals surface area contributed by atoms with Crippen molar-refractivity contribution in [3.63, 3.8) is 0 Å². The summed E-state index contributed by atoms with van der Waals surface area (Å²) in [7, 11) is 2.06. The number of rotatable bonds is 7. The van der Waals surface area contributed by atoms with Gasteiger partial charge in [-0.15, -0.1) is 11.3 Å². The van der Waals surface area contributed by atoms with Crippen molar-refractivity contribution in [1.82, 2.24) is 0 Å². The number of fused-ring (bicyclic) bond motifs is 2. The summed E-state index contributed by atoms with van der Waals surface area (Å²) in [6, 6.07) is 12.8. The third kappa shape index (κ3) is 4.45. The van der Waals surface area contributed by atoms with Gasteiger partial charge in [0, 0.05) is 30.1 Å². The first-order valence-electron chi connectivity index (χ1n) is 11.0. The molecular formula is C25H28N4OS. The molecule has 0 unspecified atom stereocenters. The fraction of sp³-hybridized carbons (Fsp3) is 0.480. The van der Waals surface area contributed by atoms with Gasteiger partial charge in [-0.3, -0.25) is 4.79 Å². The van der Waals surface area contributed by atoms with Gasteiger partial charge in [-0.05, 0) is 63.0 Å². The van der Waals surface area contributed by atoms with Crippen molar-refractivity contribution in [3.8, 4) is 12.1 Å². The lowest BCUT2D eigenvalue weighted by atomic mass is 9.88. The molecule has 0 saturated heterocycles. The van der Waals surface area contributed by atoms with Crippen LogP contribution >= 0.6 is 11.3 Å². The van der Waals surface area contributed by atoms with Gasteiger partial charge in [0.05, 0.1) is 5.56 Å². The minimum Gasteiger partial charge on any atom is -0.375 e. The Morgan fingerprint density at radius 1 is 1.16 bits per heavy atom. The highest BCUT2D eigenvalue weighted by Crippen LogP contribution is 2.49. The van der Waals surface area contributed by atoms with Gasteiger partial charge in [0.15, 0.2) is 0 Å². The molecule has 0 spiro atoms. The maximum absolute atomic E-state index is 12.9. The van der Waals surface area contributed by atoms with E-state index in [-0.39, 0.29) is 11.8 Å². The molecule has 1 aromatic carbocycles. The van der Waals surface area contributed by atoms with E-state index in [1.54, 1.807) is 0 Å². The molecule has 2 fully saturated rings. The standard InChI is InChI=1S/C25H28N4OS/c1-16-5-9-19(10-6-16)29(2)11-3-4-23-21(14-26)22(15-27)25(31-23)28-24(30)20-13-17-7-8-18(20)12-17/h5-6,9-10,17-18,20H,3-4,7-8,11-13H2,1-2H3,(H,28,30)/t17-,18-,20+/m0/s1. The number of nitriles is 2. The van der Waals surface area contributed by atoms with Crippen LogP contribution in [-0.4, -0.2) is 19.5 Å². The quantitative estimate of drug-likeness (QED) is 0.648. The van der Waals surface area contributed by atoms with Gasteiger partial charge in [-0.2, -0.15) is 10.5 Å². The molecule has 2 bridgehead atoms. The largest absolute Gasteiger partial charge is 0.375 e. The number of carbonyl (C=O) groups excluding carboxylic acids is 1. The monoisotopic (exact) mass is 432 g/mol. The molecule has 4 rings (SSSR count). The number of anilines is 2. The van der Waals surface area contributed by atoms with E-state index in [0.717, 1.165) is 42.8 Å². The third-order valence-corrected chi connectivity index (χ3v) is 8.05. The smallest absolute Gasteiger partial charge is 0.228 e. The number of amides is 1. The highest BCUT2D eigenvalue weighted by Gasteiger charge is 2.43. The summed E-state index contributed by atoms with van der Waals surface area (Å²) in [4.78, 5) is 15.9. The van der Waals surface area contributed by atoms with Crippen molar-refractivity contribution in [2.75, 3.05) is 23.8 Å². The Hall–Kier alpha value is -2.83. The molecule has 6 heteroatoms. The van der Waals surface area contributed by atoms with E-state index in [0.29, 0.717) is 34.4 Å². The first-order chi connectivity index (χ1) is 15.0. The molecule has 31 heavy (non-hydrogen) atoms. The van der Waals surface area contributed by atoms with E-state index in [1.807, 2.05) is 0 Å². The normalized spacial score (nSPS) is 21.5. The van der Waals surface area contributed by atoms with Gasteiger partial charge in [0.25, 0.3) is 0 Å². The molecule has 2 saturated carbocycles. The van der Waals surface area contributed by atoms with Crippen molar-refractivity contribution < 1.29 is 4.79 Å². The number of benzene rings is 1. The molecule has 1 heterocycles. The molecule has 2 aliphatic carbocycles. The van der Waals surface area contributed by atoms with Crippen LogP contribution in [0.15, 0.2) is 24.3 Å². The summed E-state index contributed by atoms with van der Waals surface area (Å²) in [5, 5.41) is 22.9. The summed E-state index contributed by atoms with van der Waals surface area (Å²) < 4.78 is 0. The van der Waals surface area contributed by atoms with Crippen molar-refractivity contribution in [2.24, 2.45) is 17.8 Å². The fourth-order valence-corrected chi connectivity index (χ4v) is 6.29. The fourth-order valence-electron chi connectivity index (χ4n) is 5.14. The van der Waals surface area contributed by atoms with Crippen LogP contribution < -0.4 is 10.2 Å². The average Bonchev–Trinajstić information content (AvgIpc) is 3.48. The lowest BCUT2D eigenvalue weighted by Gasteiger charge is -2.20. The Kier molecular flexibility index (Phi) is 6.30. The third-order valence-electron chi connectivity index (χ3n) is 6.89. The molecule has 2 aromatic rings. The molecule has 1 aromatic heterocycles. The zero-order valence-corrected chi connectivity index (χ0v) is 19.0. The summed E-state index contributed by atoms with van der Waals surface area (Å²) in [5.41, 5.74) is 3.15. The van der Waals surface area contributed by atoms with E-state index < -0.39 is 0 Å². The first kappa shape index (κ1) is 21.4. The van der Waals surface area contributed by atoms with Crippen LogP contribution in [0.1, 0.15) is 53.7 Å². The Morgan fingerprint density at radius 3 is 2.52 bits per heavy atom. The van der Waals surface area contributed by atoms with Gasteiger partial charge in [0.1, 0.15) is 22.7 Å². The topological polar surface area (TPSA) is 79.9 Å². The molecule has 1 N–H and O–H groups in total. The van der Waals surface area contributed by atoms with Gasteiger partial charge in [-0.25, -0.2) is 0 Å². The highest BCUT2D eigenvalue weighted by atomic mass is 32.1. The Morgan fingerprint density at radius 2 is 1.90 bits per heavy atom. The van der Waals surface area contributed by atoms with E-state index in [9.17, 15) is 15.3 Å². The summed E-state index contributed by atoms with van der Waals surface area (Å²) in [6.45, 7) is 2.92. The van der Waals surface area contributed by atoms with Crippen LogP contribution in [0.5, 0.6) is 0 Å². The summed E-state index contributed by atoms with van der Waals surface area (Å²) >= 11 is 1.40. The first-order valence-corrected chi connectivity index (χ1v) is 11.9. The van der Waals surface area contributed by atoms with Crippen LogP contribution in [0.4, 0.5) is 10.7 Å². The molecule has 1 amide bonds. The predicted molar refractivity (Wildman–Crippen MR) is 124 cm³/mol. The van der Waals surface area contributed by atoms with E-state index in [4.69, 9.17) is 0 Å². The van der Waals surface area contributed by atoms with Crippen LogP contribution in [0.3, 0.4) is 0 Å². The van der Waals surface area contributed by atoms with Crippen molar-refractivity contribution in [3.05, 3.63) is 45.8 Å². The summed E-state index contributed by atoms with van der Waals surface area (Å²) in [6.07, 6.45) is 6.09. The van der Waals surface area contributed by atoms with Crippen LogP contribution in [-0.2, 0) is 11.2 Å². The van der Waals surface area contributed by atoms with Crippen molar-refractivity contribution in [1.29, 1.82) is 10.5 Å². The number of nitrogens with one attached hydrogen (secondary N) is 1. The van der Waals surface area contributed by atoms with E-state index in [2.05, 4.69) is 60.6 Å². The molecule has 5 nitrogen and oxygen atoms in total. The van der Waals surface area contributed by atoms with Gasteiger partial charge < -0.3 is 10.2 Å². The zero-order valence-electron chi connectivity index (χ0n) is 18.1. The Bertz CT molecular complexity index is 1040. The molecule has 0 aliphatic heterocycles. The molecule has 3 atom stereocenters. The molecule has 2 aliphatic rings. The maximum atomic E-state index is 12.9. The van der Waals surface area contributed by atoms with Crippen LogP contribution in [0.25, 0.3) is 0 Å². The lowest BCUT2D eigenvalue weighted by molar-refractivity contribution is -0.121. The van der Waals surface area contributed by atoms with Crippen LogP contribution in [0.2, 0.25) is 0 Å². The van der Waals surface area contributed by atoms with E-state index >= 15 is 0 Å². The molecular weight excluding hydrogens is 404 g/mol. The predicted octanol–water partition coefficient (Wildman–Crippen LogP) is 5.24. The Balaban J connectivity index is 1.41. The SMILES string of the molecule is Cc1ccc(N(C)CCCc2sc(NC(=O)[C@@H]3C[C@H]4CC[C@H]3C4)c(C#N)c2C#N)cc1. The van der Waals surface area contributed by atoms with Crippen LogP contribution in [0, 0.1) is 47.3 Å². The second kappa shape index (κ2) is 9.12. The number of nitrogens with zero attached hydrogens (tertiary/aromatic N) is 3. The van der Waals surface area contributed by atoms with Crippen molar-refractivity contribution >= 4 is 27.9 Å². The van der Waals surface area contributed by atoms with Crippen molar-refractivity contribution in [2.45, 2.75) is 45.4 Å². The Labute approximate surface area is 188 Å². The number of thiophene rings is 1. The lowest BCUT2D eigenvalue weighted by Crippen LogP contribution is -2.27. The molecule has 160 valence electrons. The number of carbonyl (C=O) groups is 1. The van der Waals surface area contributed by atoms with Gasteiger partial charge >= 0.3 is 0 Å². The number of hydrogen-bond donors (Lipinski definition) is 1. The maximum Gasteiger partial charge on any atom is 0.228 e. The second-order valence-electron chi connectivity index (χ2n) is 8.96. The number of aryl methyl sites for hydroxylation is 2. The minimum absolute atomic E-state index is 0.0279. The minimum atomic E-state index is 0.0279. The highest BCUT2D eigenvalue weighted by molar-refractivity contribution is 7.16. The zero-order chi connectivity index (χ0) is 22.0. The van der Waals surface area contributed by atoms with Gasteiger partial charge in [-0.1, -0.05) is 24.1 Å². The number of hydrogen-bond acceptors (Lipinski definition) is 5. The van der Waals surface area contributed by atoms with E-state index in [1.165, 1.54) is 23.3 Å². The summed E-state index contributed by atoms with van der Waals surface area (Å²) in [5.74, 6) is 1.27. The second-order valence-corrected chi connectivity index (χ2v) is 10.1. The molecule has 0 radical (unpaired) electrons.